The number of aromatic hydroxyl groups is 1. The van der Waals surface area contributed by atoms with E-state index in [9.17, 15) is 14.7 Å². The van der Waals surface area contributed by atoms with Crippen LogP contribution in [0.1, 0.15) is 18.4 Å². The second-order valence-electron chi connectivity index (χ2n) is 4.81. The third kappa shape index (κ3) is 3.65. The van der Waals surface area contributed by atoms with Crippen molar-refractivity contribution in [3.8, 4) is 16.2 Å². The number of hydrogen-bond donors (Lipinski definition) is 2. The number of phenols is 1. The average Bonchev–Trinajstić information content (AvgIpc) is 2.86. The van der Waals surface area contributed by atoms with E-state index in [1.54, 1.807) is 23.6 Å². The van der Waals surface area contributed by atoms with Crippen LogP contribution >= 0.6 is 11.3 Å². The minimum atomic E-state index is -0.538. The molecule has 0 bridgehead atoms. The average molecular weight is 319 g/mol. The molecule has 5 nitrogen and oxygen atoms in total. The predicted octanol–water partition coefficient (Wildman–Crippen LogP) is 2.77. The van der Waals surface area contributed by atoms with Crippen LogP contribution in [0.2, 0.25) is 0 Å². The summed E-state index contributed by atoms with van der Waals surface area (Å²) in [4.78, 5) is 23.7. The molecule has 3 N–H and O–H groups in total. The Balaban J connectivity index is 2.16. The number of ether oxygens (including phenoxy) is 1. The Bertz CT molecular complexity index is 693. The van der Waals surface area contributed by atoms with Crippen molar-refractivity contribution in [2.75, 3.05) is 12.8 Å². The molecule has 0 spiro atoms. The molecule has 116 valence electrons. The Morgan fingerprint density at radius 2 is 2.05 bits per heavy atom. The molecule has 0 saturated heterocycles. The quantitative estimate of drug-likeness (QED) is 0.631. The predicted molar refractivity (Wildman–Crippen MR) is 85.8 cm³/mol. The van der Waals surface area contributed by atoms with Crippen molar-refractivity contribution >= 4 is 28.8 Å². The van der Waals surface area contributed by atoms with E-state index in [0.717, 1.165) is 10.4 Å². The van der Waals surface area contributed by atoms with Crippen molar-refractivity contribution < 1.29 is 19.4 Å². The van der Waals surface area contributed by atoms with Gasteiger partial charge in [-0.3, -0.25) is 9.59 Å². The first kappa shape index (κ1) is 16.0. The van der Waals surface area contributed by atoms with Gasteiger partial charge in [0.15, 0.2) is 0 Å². The molecule has 2 aromatic rings. The summed E-state index contributed by atoms with van der Waals surface area (Å²) in [6.45, 7) is 0. The Morgan fingerprint density at radius 3 is 2.73 bits per heavy atom. The lowest BCUT2D eigenvalue weighted by Gasteiger charge is -2.07. The molecule has 0 atom stereocenters. The van der Waals surface area contributed by atoms with Crippen LogP contribution in [0, 0.1) is 0 Å². The number of hydrogen-bond acceptors (Lipinski definition) is 6. The number of para-hydroxylation sites is 1. The number of esters is 1. The SMILES string of the molecule is COC(=O)CC(=O)CCc1c(N)csc1-c1ccccc1O. The molecule has 1 aromatic heterocycles. The highest BCUT2D eigenvalue weighted by atomic mass is 32.1. The molecule has 0 aliphatic carbocycles. The number of anilines is 1. The summed E-state index contributed by atoms with van der Waals surface area (Å²) in [5.41, 5.74) is 8.08. The van der Waals surface area contributed by atoms with E-state index >= 15 is 0 Å². The highest BCUT2D eigenvalue weighted by Crippen LogP contribution is 2.39. The van der Waals surface area contributed by atoms with Gasteiger partial charge < -0.3 is 15.6 Å². The minimum absolute atomic E-state index is 0.173. The molecule has 1 heterocycles. The molecular formula is C16H17NO4S. The van der Waals surface area contributed by atoms with Crippen LogP contribution in [-0.4, -0.2) is 24.0 Å². The maximum Gasteiger partial charge on any atom is 0.313 e. The van der Waals surface area contributed by atoms with Gasteiger partial charge in [0, 0.05) is 27.9 Å². The normalized spacial score (nSPS) is 10.4. The van der Waals surface area contributed by atoms with E-state index in [4.69, 9.17) is 5.73 Å². The molecule has 6 heteroatoms. The van der Waals surface area contributed by atoms with E-state index in [0.29, 0.717) is 17.7 Å². The number of rotatable bonds is 6. The van der Waals surface area contributed by atoms with Gasteiger partial charge >= 0.3 is 5.97 Å². The number of nitrogens with two attached hydrogens (primary N) is 1. The Hall–Kier alpha value is -2.34. The first-order valence-corrected chi connectivity index (χ1v) is 7.63. The van der Waals surface area contributed by atoms with Gasteiger partial charge in [0.2, 0.25) is 0 Å². The number of benzene rings is 1. The van der Waals surface area contributed by atoms with Crippen molar-refractivity contribution in [2.24, 2.45) is 0 Å². The van der Waals surface area contributed by atoms with Gasteiger partial charge in [0.25, 0.3) is 0 Å². The van der Waals surface area contributed by atoms with Crippen LogP contribution in [0.3, 0.4) is 0 Å². The molecule has 0 unspecified atom stereocenters. The molecule has 2 rings (SSSR count). The van der Waals surface area contributed by atoms with Crippen molar-refractivity contribution in [1.29, 1.82) is 0 Å². The summed E-state index contributed by atoms with van der Waals surface area (Å²) in [6.07, 6.45) is 0.401. The van der Waals surface area contributed by atoms with Gasteiger partial charge in [-0.1, -0.05) is 12.1 Å². The summed E-state index contributed by atoms with van der Waals surface area (Å²) in [7, 11) is 1.25. The van der Waals surface area contributed by atoms with Gasteiger partial charge in [-0.25, -0.2) is 0 Å². The first-order valence-electron chi connectivity index (χ1n) is 6.75. The van der Waals surface area contributed by atoms with Crippen LogP contribution in [0.4, 0.5) is 5.69 Å². The van der Waals surface area contributed by atoms with Crippen LogP contribution in [0.5, 0.6) is 5.75 Å². The van der Waals surface area contributed by atoms with Crippen LogP contribution in [0.25, 0.3) is 10.4 Å². The third-order valence-corrected chi connectivity index (χ3v) is 4.37. The summed E-state index contributed by atoms with van der Waals surface area (Å²) in [5.74, 6) is -0.559. The topological polar surface area (TPSA) is 89.6 Å². The van der Waals surface area contributed by atoms with Gasteiger partial charge in [-0.2, -0.15) is 0 Å². The molecule has 1 aromatic carbocycles. The second kappa shape index (κ2) is 7.09. The fraction of sp³-hybridized carbons (Fsp3) is 0.250. The number of thiophene rings is 1. The molecule has 0 aliphatic heterocycles. The number of carbonyl (C=O) groups is 2. The maximum atomic E-state index is 11.7. The zero-order chi connectivity index (χ0) is 16.1. The molecule has 0 amide bonds. The minimum Gasteiger partial charge on any atom is -0.507 e. The van der Waals surface area contributed by atoms with Crippen LogP contribution in [0.15, 0.2) is 29.6 Å². The van der Waals surface area contributed by atoms with E-state index in [1.807, 2.05) is 6.07 Å². The fourth-order valence-corrected chi connectivity index (χ4v) is 3.18. The van der Waals surface area contributed by atoms with E-state index < -0.39 is 5.97 Å². The maximum absolute atomic E-state index is 11.7. The molecule has 0 saturated carbocycles. The number of ketones is 1. The highest BCUT2D eigenvalue weighted by molar-refractivity contribution is 7.14. The van der Waals surface area contributed by atoms with Crippen molar-refractivity contribution in [2.45, 2.75) is 19.3 Å². The van der Waals surface area contributed by atoms with E-state index in [2.05, 4.69) is 4.74 Å². The molecular weight excluding hydrogens is 302 g/mol. The lowest BCUT2D eigenvalue weighted by molar-refractivity contribution is -0.143. The number of carbonyl (C=O) groups excluding carboxylic acids is 2. The summed E-state index contributed by atoms with van der Waals surface area (Å²) >= 11 is 1.43. The molecule has 0 radical (unpaired) electrons. The zero-order valence-electron chi connectivity index (χ0n) is 12.2. The number of nitrogen functional groups attached to an aromatic ring is 1. The van der Waals surface area contributed by atoms with Crippen molar-refractivity contribution in [1.82, 2.24) is 0 Å². The summed E-state index contributed by atoms with van der Waals surface area (Å²) in [6, 6.07) is 6.99. The monoisotopic (exact) mass is 319 g/mol. The van der Waals surface area contributed by atoms with Gasteiger partial charge in [-0.05, 0) is 24.1 Å². The van der Waals surface area contributed by atoms with Crippen molar-refractivity contribution in [3.63, 3.8) is 0 Å². The second-order valence-corrected chi connectivity index (χ2v) is 5.69. The van der Waals surface area contributed by atoms with Crippen molar-refractivity contribution in [3.05, 3.63) is 35.2 Å². The largest absolute Gasteiger partial charge is 0.507 e. The lowest BCUT2D eigenvalue weighted by atomic mass is 10.0. The van der Waals surface area contributed by atoms with Gasteiger partial charge in [0.05, 0.1) is 7.11 Å². The molecule has 0 aliphatic rings. The Morgan fingerprint density at radius 1 is 1.32 bits per heavy atom. The highest BCUT2D eigenvalue weighted by Gasteiger charge is 2.16. The summed E-state index contributed by atoms with van der Waals surface area (Å²) in [5, 5.41) is 11.8. The lowest BCUT2D eigenvalue weighted by Crippen LogP contribution is -2.10. The van der Waals surface area contributed by atoms with Crippen LogP contribution < -0.4 is 5.73 Å². The Kier molecular flexibility index (Phi) is 5.16. The number of methoxy groups -OCH3 is 1. The van der Waals surface area contributed by atoms with E-state index in [1.165, 1.54) is 18.4 Å². The van der Waals surface area contributed by atoms with Gasteiger partial charge in [0.1, 0.15) is 18.0 Å². The number of Topliss-reactive ketones (excluding diaryl/α,β-unsaturated/α-hetero) is 1. The molecule has 22 heavy (non-hydrogen) atoms. The van der Waals surface area contributed by atoms with Gasteiger partial charge in [-0.15, -0.1) is 11.3 Å². The van der Waals surface area contributed by atoms with E-state index in [-0.39, 0.29) is 24.4 Å². The fourth-order valence-electron chi connectivity index (χ4n) is 2.13. The number of phenolic OH excluding ortho intramolecular Hbond substituents is 1. The smallest absolute Gasteiger partial charge is 0.313 e. The standard InChI is InChI=1S/C16H17NO4S/c1-21-15(20)8-10(18)6-7-11-13(17)9-22-16(11)12-4-2-3-5-14(12)19/h2-5,9,19H,6-8,17H2,1H3. The molecule has 0 fully saturated rings. The Labute approximate surface area is 132 Å². The third-order valence-electron chi connectivity index (χ3n) is 3.30. The first-order chi connectivity index (χ1) is 10.5. The summed E-state index contributed by atoms with van der Waals surface area (Å²) < 4.78 is 4.47. The zero-order valence-corrected chi connectivity index (χ0v) is 13.0. The van der Waals surface area contributed by atoms with Crippen LogP contribution in [-0.2, 0) is 20.7 Å².